The van der Waals surface area contributed by atoms with Gasteiger partial charge in [-0.2, -0.15) is 0 Å². The van der Waals surface area contributed by atoms with Gasteiger partial charge >= 0.3 is 0 Å². The van der Waals surface area contributed by atoms with Crippen LogP contribution in [0.5, 0.6) is 5.75 Å². The van der Waals surface area contributed by atoms with E-state index in [1.165, 1.54) is 0 Å². The highest BCUT2D eigenvalue weighted by Crippen LogP contribution is 2.17. The molecule has 0 aliphatic rings. The number of aliphatic hydroxyl groups excluding tert-OH is 1. The second kappa shape index (κ2) is 7.08. The largest absolute Gasteiger partial charge is 0.497 e. The van der Waals surface area contributed by atoms with Gasteiger partial charge in [0.15, 0.2) is 0 Å². The summed E-state index contributed by atoms with van der Waals surface area (Å²) in [4.78, 5) is 0. The summed E-state index contributed by atoms with van der Waals surface area (Å²) in [5.41, 5.74) is 3.23. The summed E-state index contributed by atoms with van der Waals surface area (Å²) in [5.74, 6) is 0.851. The Kier molecular flexibility index (Phi) is 5.16. The van der Waals surface area contributed by atoms with Crippen LogP contribution < -0.4 is 10.1 Å². The lowest BCUT2D eigenvalue weighted by molar-refractivity contribution is 0.173. The number of nitrogens with one attached hydrogen (secondary N) is 1. The zero-order valence-corrected chi connectivity index (χ0v) is 12.0. The molecule has 0 saturated heterocycles. The van der Waals surface area contributed by atoms with Gasteiger partial charge in [-0.3, -0.25) is 0 Å². The van der Waals surface area contributed by atoms with Gasteiger partial charge in [0.2, 0.25) is 0 Å². The van der Waals surface area contributed by atoms with Crippen LogP contribution in [0.25, 0.3) is 0 Å². The third-order valence-corrected chi connectivity index (χ3v) is 3.35. The number of aryl methyl sites for hydroxylation is 1. The first-order valence-corrected chi connectivity index (χ1v) is 6.78. The topological polar surface area (TPSA) is 41.5 Å². The molecule has 0 aliphatic heterocycles. The Labute approximate surface area is 120 Å². The van der Waals surface area contributed by atoms with Gasteiger partial charge in [-0.15, -0.1) is 0 Å². The monoisotopic (exact) mass is 271 g/mol. The molecule has 0 fully saturated rings. The first-order valence-electron chi connectivity index (χ1n) is 6.78. The molecule has 0 aromatic heterocycles. The smallest absolute Gasteiger partial charge is 0.119 e. The molecule has 1 unspecified atom stereocenters. The normalized spacial score (nSPS) is 12.2. The zero-order valence-electron chi connectivity index (χ0n) is 12.0. The molecule has 2 rings (SSSR count). The van der Waals surface area contributed by atoms with E-state index in [-0.39, 0.29) is 0 Å². The summed E-state index contributed by atoms with van der Waals surface area (Å²) in [6, 6.07) is 15.8. The van der Waals surface area contributed by atoms with Crippen molar-refractivity contribution >= 4 is 0 Å². The molecule has 0 spiro atoms. The molecule has 0 bridgehead atoms. The summed E-state index contributed by atoms with van der Waals surface area (Å²) in [6.45, 7) is 3.25. The second-order valence-corrected chi connectivity index (χ2v) is 4.85. The Bertz CT molecular complexity index is 554. The molecule has 2 aromatic rings. The van der Waals surface area contributed by atoms with Crippen molar-refractivity contribution in [3.05, 3.63) is 65.2 Å². The molecular weight excluding hydrogens is 250 g/mol. The van der Waals surface area contributed by atoms with Crippen LogP contribution in [-0.4, -0.2) is 18.8 Å². The van der Waals surface area contributed by atoms with Crippen molar-refractivity contribution in [1.82, 2.24) is 5.32 Å². The second-order valence-electron chi connectivity index (χ2n) is 4.85. The number of rotatable bonds is 6. The fraction of sp³-hybridized carbons (Fsp3) is 0.294. The highest BCUT2D eigenvalue weighted by Gasteiger charge is 2.09. The third kappa shape index (κ3) is 3.83. The van der Waals surface area contributed by atoms with E-state index in [9.17, 15) is 5.11 Å². The molecule has 1 atom stereocenters. The van der Waals surface area contributed by atoms with Gasteiger partial charge in [0.1, 0.15) is 5.75 Å². The number of benzene rings is 2. The molecule has 20 heavy (non-hydrogen) atoms. The van der Waals surface area contributed by atoms with Crippen LogP contribution in [0, 0.1) is 6.92 Å². The number of hydrogen-bond donors (Lipinski definition) is 2. The molecule has 106 valence electrons. The summed E-state index contributed by atoms with van der Waals surface area (Å²) >= 11 is 0. The minimum absolute atomic E-state index is 0.484. The zero-order chi connectivity index (χ0) is 14.4. The van der Waals surface area contributed by atoms with Crippen LogP contribution in [0.3, 0.4) is 0 Å². The summed E-state index contributed by atoms with van der Waals surface area (Å²) < 4.78 is 5.19. The highest BCUT2D eigenvalue weighted by atomic mass is 16.5. The van der Waals surface area contributed by atoms with Crippen LogP contribution in [0.2, 0.25) is 0 Å². The van der Waals surface area contributed by atoms with E-state index in [4.69, 9.17) is 4.74 Å². The highest BCUT2D eigenvalue weighted by molar-refractivity contribution is 5.29. The van der Waals surface area contributed by atoms with Crippen molar-refractivity contribution in [3.63, 3.8) is 0 Å². The van der Waals surface area contributed by atoms with Gasteiger partial charge in [-0.1, -0.05) is 36.4 Å². The Morgan fingerprint density at radius 3 is 2.70 bits per heavy atom. The first-order chi connectivity index (χ1) is 9.70. The fourth-order valence-electron chi connectivity index (χ4n) is 2.21. The molecule has 0 aliphatic carbocycles. The van der Waals surface area contributed by atoms with E-state index in [0.717, 1.165) is 22.4 Å². The van der Waals surface area contributed by atoms with Crippen molar-refractivity contribution in [2.24, 2.45) is 0 Å². The number of hydrogen-bond acceptors (Lipinski definition) is 3. The van der Waals surface area contributed by atoms with E-state index in [1.54, 1.807) is 7.11 Å². The van der Waals surface area contributed by atoms with E-state index in [0.29, 0.717) is 13.1 Å². The van der Waals surface area contributed by atoms with Gasteiger partial charge in [-0.25, -0.2) is 0 Å². The average Bonchev–Trinajstić information content (AvgIpc) is 2.48. The molecule has 0 amide bonds. The average molecular weight is 271 g/mol. The minimum atomic E-state index is -0.484. The number of ether oxygens (including phenoxy) is 1. The van der Waals surface area contributed by atoms with E-state index < -0.39 is 6.10 Å². The van der Waals surface area contributed by atoms with Crippen LogP contribution in [0.15, 0.2) is 48.5 Å². The molecule has 0 saturated carbocycles. The molecule has 0 radical (unpaired) electrons. The Morgan fingerprint density at radius 1 is 1.15 bits per heavy atom. The van der Waals surface area contributed by atoms with Gasteiger partial charge in [0.25, 0.3) is 0 Å². The van der Waals surface area contributed by atoms with Crippen molar-refractivity contribution in [3.8, 4) is 5.75 Å². The first kappa shape index (κ1) is 14.6. The summed E-state index contributed by atoms with van der Waals surface area (Å²) in [6.07, 6.45) is -0.484. The number of aliphatic hydroxyl groups is 1. The third-order valence-electron chi connectivity index (χ3n) is 3.35. The molecule has 3 heteroatoms. The van der Waals surface area contributed by atoms with Crippen LogP contribution in [0.4, 0.5) is 0 Å². The SMILES string of the molecule is COc1cccc(CNCC(O)c2ccccc2C)c1. The van der Waals surface area contributed by atoms with Crippen molar-refractivity contribution in [2.45, 2.75) is 19.6 Å². The lowest BCUT2D eigenvalue weighted by atomic mass is 10.0. The molecule has 0 heterocycles. The van der Waals surface area contributed by atoms with Gasteiger partial charge in [-0.05, 0) is 35.7 Å². The van der Waals surface area contributed by atoms with Gasteiger partial charge < -0.3 is 15.2 Å². The predicted octanol–water partition coefficient (Wildman–Crippen LogP) is 2.83. The molecule has 2 N–H and O–H groups in total. The maximum atomic E-state index is 10.2. The van der Waals surface area contributed by atoms with Gasteiger partial charge in [0, 0.05) is 13.1 Å². The van der Waals surface area contributed by atoms with Gasteiger partial charge in [0.05, 0.1) is 13.2 Å². The minimum Gasteiger partial charge on any atom is -0.497 e. The molecular formula is C17H21NO2. The van der Waals surface area contributed by atoms with Crippen LogP contribution in [-0.2, 0) is 6.54 Å². The maximum Gasteiger partial charge on any atom is 0.119 e. The Hall–Kier alpha value is -1.84. The van der Waals surface area contributed by atoms with Crippen molar-refractivity contribution in [2.75, 3.05) is 13.7 Å². The lowest BCUT2D eigenvalue weighted by Gasteiger charge is -2.14. The predicted molar refractivity (Wildman–Crippen MR) is 80.8 cm³/mol. The summed E-state index contributed by atoms with van der Waals surface area (Å²) in [5, 5.41) is 13.5. The Morgan fingerprint density at radius 2 is 1.95 bits per heavy atom. The van der Waals surface area contributed by atoms with Crippen molar-refractivity contribution in [1.29, 1.82) is 0 Å². The number of methoxy groups -OCH3 is 1. The van der Waals surface area contributed by atoms with E-state index in [1.807, 2.05) is 55.5 Å². The standard InChI is InChI=1S/C17H21NO2/c1-13-6-3-4-9-16(13)17(19)12-18-11-14-7-5-8-15(10-14)20-2/h3-10,17-19H,11-12H2,1-2H3. The summed E-state index contributed by atoms with van der Waals surface area (Å²) in [7, 11) is 1.66. The van der Waals surface area contributed by atoms with Crippen LogP contribution in [0.1, 0.15) is 22.8 Å². The molecule has 3 nitrogen and oxygen atoms in total. The fourth-order valence-corrected chi connectivity index (χ4v) is 2.21. The lowest BCUT2D eigenvalue weighted by Crippen LogP contribution is -2.21. The van der Waals surface area contributed by atoms with Crippen molar-refractivity contribution < 1.29 is 9.84 Å². The van der Waals surface area contributed by atoms with Crippen LogP contribution >= 0.6 is 0 Å². The maximum absolute atomic E-state index is 10.2. The van der Waals surface area contributed by atoms with E-state index in [2.05, 4.69) is 5.32 Å². The van der Waals surface area contributed by atoms with E-state index >= 15 is 0 Å². The molecule has 2 aromatic carbocycles. The quantitative estimate of drug-likeness (QED) is 0.849. The Balaban J connectivity index is 1.88.